The number of carbonyl (C=O) groups excluding carboxylic acids is 1. The van der Waals surface area contributed by atoms with Crippen LogP contribution in [-0.4, -0.2) is 73.5 Å². The zero-order valence-electron chi connectivity index (χ0n) is 21.5. The van der Waals surface area contributed by atoms with Crippen molar-refractivity contribution in [3.05, 3.63) is 46.9 Å². The minimum Gasteiger partial charge on any atom is -0.465 e. The molecule has 0 radical (unpaired) electrons. The topological polar surface area (TPSA) is 130 Å². The molecule has 2 amide bonds. The molecular formula is C25H30N8O4. The number of fused-ring (bicyclic) bond motifs is 2. The second-order valence-corrected chi connectivity index (χ2v) is 9.74. The quantitative estimate of drug-likeness (QED) is 0.536. The van der Waals surface area contributed by atoms with Crippen molar-refractivity contribution in [2.75, 3.05) is 30.5 Å². The summed E-state index contributed by atoms with van der Waals surface area (Å²) in [4.78, 5) is 39.4. The van der Waals surface area contributed by atoms with Crippen molar-refractivity contribution in [1.82, 2.24) is 29.6 Å². The molecule has 0 spiro atoms. The molecule has 12 heteroatoms. The molecule has 3 aromatic heterocycles. The largest absolute Gasteiger partial charge is 0.465 e. The van der Waals surface area contributed by atoms with E-state index in [1.54, 1.807) is 17.0 Å². The van der Waals surface area contributed by atoms with Gasteiger partial charge in [-0.15, -0.1) is 10.2 Å². The van der Waals surface area contributed by atoms with Crippen LogP contribution in [0.3, 0.4) is 0 Å². The Morgan fingerprint density at radius 2 is 2.03 bits per heavy atom. The highest BCUT2D eigenvalue weighted by Gasteiger charge is 2.34. The first kappa shape index (κ1) is 24.6. The monoisotopic (exact) mass is 506 g/mol. The zero-order chi connectivity index (χ0) is 26.4. The molecule has 0 unspecified atom stereocenters. The Labute approximate surface area is 214 Å². The van der Waals surface area contributed by atoms with Gasteiger partial charge in [0.1, 0.15) is 23.9 Å². The molecule has 2 aliphatic heterocycles. The van der Waals surface area contributed by atoms with E-state index < -0.39 is 6.09 Å². The molecule has 5 rings (SSSR count). The molecule has 2 aliphatic rings. The Balaban J connectivity index is 1.53. The van der Waals surface area contributed by atoms with Crippen LogP contribution >= 0.6 is 0 Å². The number of amides is 2. The van der Waals surface area contributed by atoms with Gasteiger partial charge in [0.2, 0.25) is 0 Å². The van der Waals surface area contributed by atoms with E-state index in [0.29, 0.717) is 53.2 Å². The second-order valence-electron chi connectivity index (χ2n) is 9.74. The molecule has 194 valence electrons. The third-order valence-corrected chi connectivity index (χ3v) is 6.88. The van der Waals surface area contributed by atoms with Crippen LogP contribution in [0.5, 0.6) is 0 Å². The predicted molar refractivity (Wildman–Crippen MR) is 135 cm³/mol. The Morgan fingerprint density at radius 1 is 1.24 bits per heavy atom. The van der Waals surface area contributed by atoms with Crippen molar-refractivity contribution in [2.45, 2.75) is 52.6 Å². The van der Waals surface area contributed by atoms with Gasteiger partial charge in [-0.25, -0.2) is 14.8 Å². The molecule has 0 saturated carbocycles. The number of hydrogen-bond acceptors (Lipinski definition) is 8. The van der Waals surface area contributed by atoms with Crippen LogP contribution in [0.25, 0.3) is 11.5 Å². The van der Waals surface area contributed by atoms with Gasteiger partial charge >= 0.3 is 6.09 Å². The van der Waals surface area contributed by atoms with Crippen LogP contribution in [0.1, 0.15) is 54.3 Å². The van der Waals surface area contributed by atoms with Crippen LogP contribution in [0.4, 0.5) is 16.4 Å². The number of pyridine rings is 2. The molecule has 1 atom stereocenters. The fourth-order valence-electron chi connectivity index (χ4n) is 4.56. The number of rotatable bonds is 6. The van der Waals surface area contributed by atoms with Gasteiger partial charge in [-0.05, 0) is 39.0 Å². The first-order valence-electron chi connectivity index (χ1n) is 12.2. The van der Waals surface area contributed by atoms with E-state index in [1.807, 2.05) is 49.4 Å². The molecule has 0 aliphatic carbocycles. The summed E-state index contributed by atoms with van der Waals surface area (Å²) >= 11 is 0. The molecule has 12 nitrogen and oxygen atoms in total. The van der Waals surface area contributed by atoms with E-state index in [2.05, 4.69) is 10.2 Å². The van der Waals surface area contributed by atoms with Gasteiger partial charge in [0.05, 0.1) is 37.0 Å². The van der Waals surface area contributed by atoms with Crippen molar-refractivity contribution >= 4 is 23.6 Å². The maximum absolute atomic E-state index is 13.7. The van der Waals surface area contributed by atoms with Crippen LogP contribution in [0.2, 0.25) is 0 Å². The highest BCUT2D eigenvalue weighted by Crippen LogP contribution is 2.33. The van der Waals surface area contributed by atoms with Crippen LogP contribution < -0.4 is 9.80 Å². The Bertz CT molecular complexity index is 1370. The molecule has 37 heavy (non-hydrogen) atoms. The maximum Gasteiger partial charge on any atom is 0.407 e. The first-order chi connectivity index (χ1) is 17.7. The summed E-state index contributed by atoms with van der Waals surface area (Å²) in [5.41, 5.74) is 2.37. The number of ether oxygens (including phenoxy) is 1. The summed E-state index contributed by atoms with van der Waals surface area (Å²) in [6.07, 6.45) is -1.06. The molecular weight excluding hydrogens is 476 g/mol. The molecule has 3 aromatic rings. The van der Waals surface area contributed by atoms with E-state index in [4.69, 9.17) is 14.7 Å². The van der Waals surface area contributed by atoms with Crippen LogP contribution in [0, 0.1) is 0 Å². The minimum atomic E-state index is -1.06. The lowest BCUT2D eigenvalue weighted by Gasteiger charge is -2.24. The number of aromatic nitrogens is 5. The van der Waals surface area contributed by atoms with E-state index in [9.17, 15) is 14.7 Å². The number of hydrogen-bond donors (Lipinski definition) is 1. The van der Waals surface area contributed by atoms with Gasteiger partial charge < -0.3 is 24.2 Å². The normalized spacial score (nSPS) is 16.6. The Hall–Kier alpha value is -4.06. The van der Waals surface area contributed by atoms with E-state index in [1.165, 1.54) is 7.05 Å². The average molecular weight is 507 g/mol. The lowest BCUT2D eigenvalue weighted by atomic mass is 10.1. The standard InChI is InChI=1S/C25H30N8O4/c1-14(2)31(5)21-9-16-17(19(27-21)11-30(4)25(35)36)10-32(24(16)34)20-8-6-7-18(26-20)23-29-28-22-13-37-12-15(3)33(22)23/h6-9,14-15H,10-13H2,1-5H3,(H,35,36)/t15-/m0/s1. The van der Waals surface area contributed by atoms with E-state index in [0.717, 1.165) is 10.7 Å². The SMILES string of the molecule is CC(C)N(C)c1cc2c(c(CN(C)C(=O)O)n1)CN(c1cccc(-c3nnc4n3[C@@H](C)COC4)n1)C2=O. The summed E-state index contributed by atoms with van der Waals surface area (Å²) in [6.45, 7) is 7.35. The number of nitrogens with zero attached hydrogens (tertiary/aromatic N) is 8. The number of carbonyl (C=O) groups is 2. The second kappa shape index (κ2) is 9.43. The van der Waals surface area contributed by atoms with Gasteiger partial charge in [0.15, 0.2) is 11.6 Å². The molecule has 1 N–H and O–H groups in total. The van der Waals surface area contributed by atoms with Gasteiger partial charge in [-0.1, -0.05) is 6.07 Å². The molecule has 0 saturated heterocycles. The Morgan fingerprint density at radius 3 is 2.76 bits per heavy atom. The van der Waals surface area contributed by atoms with Crippen molar-refractivity contribution in [2.24, 2.45) is 0 Å². The average Bonchev–Trinajstić information content (AvgIpc) is 3.46. The lowest BCUT2D eigenvalue weighted by molar-refractivity contribution is 0.0609. The highest BCUT2D eigenvalue weighted by atomic mass is 16.5. The Kier molecular flexibility index (Phi) is 6.28. The summed E-state index contributed by atoms with van der Waals surface area (Å²) in [5.74, 6) is 2.26. The zero-order valence-corrected chi connectivity index (χ0v) is 21.5. The van der Waals surface area contributed by atoms with Gasteiger partial charge in [-0.3, -0.25) is 9.69 Å². The van der Waals surface area contributed by atoms with E-state index >= 15 is 0 Å². The smallest absolute Gasteiger partial charge is 0.407 e. The van der Waals surface area contributed by atoms with Crippen LogP contribution in [0.15, 0.2) is 24.3 Å². The fourth-order valence-corrected chi connectivity index (χ4v) is 4.56. The first-order valence-corrected chi connectivity index (χ1v) is 12.2. The fraction of sp³-hybridized carbons (Fsp3) is 0.440. The van der Waals surface area contributed by atoms with Gasteiger partial charge in [0.25, 0.3) is 5.91 Å². The van der Waals surface area contributed by atoms with Crippen LogP contribution in [-0.2, 0) is 24.4 Å². The molecule has 0 aromatic carbocycles. The summed E-state index contributed by atoms with van der Waals surface area (Å²) in [7, 11) is 3.39. The molecule has 5 heterocycles. The van der Waals surface area contributed by atoms with E-state index in [-0.39, 0.29) is 31.1 Å². The predicted octanol–water partition coefficient (Wildman–Crippen LogP) is 2.94. The molecule has 0 bridgehead atoms. The highest BCUT2D eigenvalue weighted by molar-refractivity contribution is 6.10. The van der Waals surface area contributed by atoms with Crippen molar-refractivity contribution in [1.29, 1.82) is 0 Å². The summed E-state index contributed by atoms with van der Waals surface area (Å²) < 4.78 is 7.58. The maximum atomic E-state index is 13.7. The van der Waals surface area contributed by atoms with Crippen molar-refractivity contribution in [3.63, 3.8) is 0 Å². The summed E-state index contributed by atoms with van der Waals surface area (Å²) in [6, 6.07) is 7.46. The number of anilines is 2. The number of carboxylic acid groups (broad SMARTS) is 1. The summed E-state index contributed by atoms with van der Waals surface area (Å²) in [5, 5.41) is 18.0. The minimum absolute atomic E-state index is 0.0631. The molecule has 0 fully saturated rings. The third-order valence-electron chi connectivity index (χ3n) is 6.88. The van der Waals surface area contributed by atoms with Crippen molar-refractivity contribution in [3.8, 4) is 11.5 Å². The third kappa shape index (κ3) is 4.37. The van der Waals surface area contributed by atoms with Crippen molar-refractivity contribution < 1.29 is 19.4 Å². The van der Waals surface area contributed by atoms with Gasteiger partial charge in [0, 0.05) is 25.7 Å². The lowest BCUT2D eigenvalue weighted by Crippen LogP contribution is -2.29. The van der Waals surface area contributed by atoms with Gasteiger partial charge in [-0.2, -0.15) is 0 Å².